The fourth-order valence-electron chi connectivity index (χ4n) is 0.859. The Hall–Kier alpha value is -1.62. The van der Waals surface area contributed by atoms with Gasteiger partial charge in [0.1, 0.15) is 6.61 Å². The highest BCUT2D eigenvalue weighted by molar-refractivity contribution is 5.87. The van der Waals surface area contributed by atoms with Gasteiger partial charge in [-0.05, 0) is 13.8 Å². The van der Waals surface area contributed by atoms with E-state index in [1.54, 1.807) is 13.8 Å². The van der Waals surface area contributed by atoms with Crippen LogP contribution in [0.3, 0.4) is 0 Å². The van der Waals surface area contributed by atoms with Crippen LogP contribution < -0.4 is 0 Å². The molecule has 102 valence electrons. The minimum Gasteiger partial charge on any atom is -0.466 e. The summed E-state index contributed by atoms with van der Waals surface area (Å²) in [5.74, 6) is -0.633. The first-order chi connectivity index (χ1) is 8.38. The summed E-state index contributed by atoms with van der Waals surface area (Å²) in [6, 6.07) is 0. The Kier molecular flexibility index (Phi) is 7.71. The molecule has 0 saturated carbocycles. The molecule has 18 heavy (non-hydrogen) atoms. The molecule has 0 aromatic heterocycles. The SMILES string of the molecule is C=C(C)C(=O)OC.C=C(C)C(=O)OCCN1CC1. The number of methoxy groups -OCH3 is 1. The molecule has 5 nitrogen and oxygen atoms in total. The van der Waals surface area contributed by atoms with Gasteiger partial charge in [0.2, 0.25) is 0 Å². The van der Waals surface area contributed by atoms with Crippen LogP contribution in [0.5, 0.6) is 0 Å². The number of rotatable bonds is 5. The molecule has 1 aliphatic heterocycles. The number of esters is 2. The molecule has 1 rings (SSSR count). The first-order valence-electron chi connectivity index (χ1n) is 5.67. The van der Waals surface area contributed by atoms with Crippen molar-refractivity contribution in [2.24, 2.45) is 0 Å². The van der Waals surface area contributed by atoms with E-state index in [1.165, 1.54) is 7.11 Å². The molecule has 0 amide bonds. The fourth-order valence-corrected chi connectivity index (χ4v) is 0.859. The van der Waals surface area contributed by atoms with E-state index in [9.17, 15) is 9.59 Å². The predicted octanol–water partition coefficient (Wildman–Crippen LogP) is 1.16. The molecule has 0 unspecified atom stereocenters. The van der Waals surface area contributed by atoms with Gasteiger partial charge in [-0.15, -0.1) is 0 Å². The minimum atomic E-state index is -0.347. The van der Waals surface area contributed by atoms with Gasteiger partial charge in [-0.25, -0.2) is 9.59 Å². The van der Waals surface area contributed by atoms with Gasteiger partial charge >= 0.3 is 11.9 Å². The predicted molar refractivity (Wildman–Crippen MR) is 69.0 cm³/mol. The Morgan fingerprint density at radius 3 is 1.89 bits per heavy atom. The summed E-state index contributed by atoms with van der Waals surface area (Å²) < 4.78 is 9.15. The summed E-state index contributed by atoms with van der Waals surface area (Å²) in [6.45, 7) is 13.7. The fraction of sp³-hybridized carbons (Fsp3) is 0.538. The third-order valence-corrected chi connectivity index (χ3v) is 2.06. The monoisotopic (exact) mass is 255 g/mol. The topological polar surface area (TPSA) is 55.6 Å². The Bertz CT molecular complexity index is 332. The molecule has 0 aromatic rings. The maximum Gasteiger partial charge on any atom is 0.333 e. The van der Waals surface area contributed by atoms with Gasteiger partial charge in [0.15, 0.2) is 0 Å². The summed E-state index contributed by atoms with van der Waals surface area (Å²) in [4.78, 5) is 23.2. The molecular formula is C13H21NO4. The second-order valence-electron chi connectivity index (χ2n) is 4.03. The van der Waals surface area contributed by atoms with Crippen LogP contribution in [0, 0.1) is 0 Å². The van der Waals surface area contributed by atoms with Crippen LogP contribution in [-0.4, -0.2) is 50.2 Å². The number of hydrogen-bond donors (Lipinski definition) is 0. The molecular weight excluding hydrogens is 234 g/mol. The van der Waals surface area contributed by atoms with Gasteiger partial charge in [0.05, 0.1) is 7.11 Å². The van der Waals surface area contributed by atoms with Gasteiger partial charge < -0.3 is 9.47 Å². The molecule has 0 spiro atoms. The van der Waals surface area contributed by atoms with Gasteiger partial charge in [-0.3, -0.25) is 4.90 Å². The molecule has 1 aliphatic rings. The lowest BCUT2D eigenvalue weighted by molar-refractivity contribution is -0.139. The van der Waals surface area contributed by atoms with E-state index in [1.807, 2.05) is 0 Å². The Balaban J connectivity index is 0.000000360. The molecule has 0 bridgehead atoms. The van der Waals surface area contributed by atoms with E-state index in [0.717, 1.165) is 19.6 Å². The Labute approximate surface area is 108 Å². The summed E-state index contributed by atoms with van der Waals surface area (Å²) in [5.41, 5.74) is 0.901. The van der Waals surface area contributed by atoms with E-state index in [4.69, 9.17) is 4.74 Å². The lowest BCUT2D eigenvalue weighted by Crippen LogP contribution is -2.13. The standard InChI is InChI=1S/C8H13NO2.C5H8O2/c1-7(2)8(10)11-6-5-9-3-4-9;1-4(2)5(6)7-3/h1,3-6H2,2H3;1H2,2-3H3. The zero-order valence-corrected chi connectivity index (χ0v) is 11.3. The Morgan fingerprint density at radius 2 is 1.61 bits per heavy atom. The van der Waals surface area contributed by atoms with Crippen LogP contribution in [0.15, 0.2) is 24.3 Å². The molecule has 0 atom stereocenters. The third kappa shape index (κ3) is 8.52. The van der Waals surface area contributed by atoms with Crippen LogP contribution in [0.2, 0.25) is 0 Å². The summed E-state index contributed by atoms with van der Waals surface area (Å²) in [5, 5.41) is 0. The lowest BCUT2D eigenvalue weighted by atomic mass is 10.4. The van der Waals surface area contributed by atoms with Crippen molar-refractivity contribution in [2.45, 2.75) is 13.8 Å². The number of nitrogens with zero attached hydrogens (tertiary/aromatic N) is 1. The van der Waals surface area contributed by atoms with E-state index < -0.39 is 0 Å². The second kappa shape index (κ2) is 8.47. The quantitative estimate of drug-likeness (QED) is 0.419. The summed E-state index contributed by atoms with van der Waals surface area (Å²) in [6.07, 6.45) is 0. The van der Waals surface area contributed by atoms with Crippen molar-refractivity contribution >= 4 is 11.9 Å². The number of carbonyl (C=O) groups excluding carboxylic acids is 2. The van der Waals surface area contributed by atoms with Crippen molar-refractivity contribution in [1.82, 2.24) is 4.90 Å². The average molecular weight is 255 g/mol. The molecule has 0 N–H and O–H groups in total. The zero-order chi connectivity index (χ0) is 14.1. The van der Waals surface area contributed by atoms with Crippen molar-refractivity contribution in [2.75, 3.05) is 33.4 Å². The lowest BCUT2D eigenvalue weighted by Gasteiger charge is -2.03. The van der Waals surface area contributed by atoms with Gasteiger partial charge in [0.25, 0.3) is 0 Å². The molecule has 1 saturated heterocycles. The van der Waals surface area contributed by atoms with E-state index in [2.05, 4.69) is 22.8 Å². The molecule has 0 radical (unpaired) electrons. The van der Waals surface area contributed by atoms with Crippen molar-refractivity contribution in [1.29, 1.82) is 0 Å². The maximum absolute atomic E-state index is 10.8. The highest BCUT2D eigenvalue weighted by Crippen LogP contribution is 2.01. The maximum atomic E-state index is 10.8. The van der Waals surface area contributed by atoms with Crippen molar-refractivity contribution in [3.05, 3.63) is 24.3 Å². The van der Waals surface area contributed by atoms with Crippen LogP contribution >= 0.6 is 0 Å². The first-order valence-corrected chi connectivity index (χ1v) is 5.67. The molecule has 1 heterocycles. The van der Waals surface area contributed by atoms with E-state index >= 15 is 0 Å². The molecule has 1 fully saturated rings. The minimum absolute atomic E-state index is 0.285. The summed E-state index contributed by atoms with van der Waals surface area (Å²) in [7, 11) is 1.33. The van der Waals surface area contributed by atoms with Crippen molar-refractivity contribution in [3.8, 4) is 0 Å². The van der Waals surface area contributed by atoms with Crippen molar-refractivity contribution in [3.63, 3.8) is 0 Å². The first kappa shape index (κ1) is 16.4. The van der Waals surface area contributed by atoms with Gasteiger partial charge in [-0.1, -0.05) is 13.2 Å². The van der Waals surface area contributed by atoms with E-state index in [0.29, 0.717) is 17.8 Å². The van der Waals surface area contributed by atoms with Crippen LogP contribution in [0.25, 0.3) is 0 Å². The molecule has 5 heteroatoms. The van der Waals surface area contributed by atoms with Gasteiger partial charge in [-0.2, -0.15) is 0 Å². The van der Waals surface area contributed by atoms with E-state index in [-0.39, 0.29) is 11.9 Å². The Morgan fingerprint density at radius 1 is 1.11 bits per heavy atom. The van der Waals surface area contributed by atoms with Crippen LogP contribution in [0.1, 0.15) is 13.8 Å². The number of ether oxygens (including phenoxy) is 2. The van der Waals surface area contributed by atoms with Crippen LogP contribution in [-0.2, 0) is 19.1 Å². The number of hydrogen-bond acceptors (Lipinski definition) is 5. The second-order valence-corrected chi connectivity index (χ2v) is 4.03. The van der Waals surface area contributed by atoms with Gasteiger partial charge in [0, 0.05) is 30.8 Å². The highest BCUT2D eigenvalue weighted by atomic mass is 16.5. The largest absolute Gasteiger partial charge is 0.466 e. The molecule has 0 aliphatic carbocycles. The molecule has 0 aromatic carbocycles. The highest BCUT2D eigenvalue weighted by Gasteiger charge is 2.16. The normalized spacial score (nSPS) is 12.8. The third-order valence-electron chi connectivity index (χ3n) is 2.06. The average Bonchev–Trinajstić information content (AvgIpc) is 3.12. The zero-order valence-electron chi connectivity index (χ0n) is 11.3. The smallest absolute Gasteiger partial charge is 0.333 e. The number of carbonyl (C=O) groups is 2. The van der Waals surface area contributed by atoms with Crippen LogP contribution in [0.4, 0.5) is 0 Å². The van der Waals surface area contributed by atoms with Crippen molar-refractivity contribution < 1.29 is 19.1 Å². The summed E-state index contributed by atoms with van der Waals surface area (Å²) >= 11 is 0.